The predicted octanol–water partition coefficient (Wildman–Crippen LogP) is 2.76. The van der Waals surface area contributed by atoms with Crippen LogP contribution in [0.2, 0.25) is 0 Å². The highest BCUT2D eigenvalue weighted by atomic mass is 15.3. The summed E-state index contributed by atoms with van der Waals surface area (Å²) < 4.78 is 4.10. The van der Waals surface area contributed by atoms with Crippen molar-refractivity contribution in [1.29, 1.82) is 0 Å². The van der Waals surface area contributed by atoms with Crippen LogP contribution in [-0.4, -0.2) is 25.6 Å². The lowest BCUT2D eigenvalue weighted by atomic mass is 10.1. The molecule has 116 valence electrons. The van der Waals surface area contributed by atoms with Gasteiger partial charge >= 0.3 is 0 Å². The number of aromatic nitrogens is 4. The summed E-state index contributed by atoms with van der Waals surface area (Å²) in [7, 11) is 0. The second-order valence-electron chi connectivity index (χ2n) is 5.87. The van der Waals surface area contributed by atoms with Crippen molar-refractivity contribution in [3.8, 4) is 0 Å². The summed E-state index contributed by atoms with van der Waals surface area (Å²) in [6.07, 6.45) is 4.00. The van der Waals surface area contributed by atoms with Gasteiger partial charge in [-0.1, -0.05) is 0 Å². The van der Waals surface area contributed by atoms with Crippen LogP contribution in [0.15, 0.2) is 12.4 Å². The largest absolute Gasteiger partial charge is 0.308 e. The maximum atomic E-state index is 4.57. The molecule has 0 aliphatic rings. The molecule has 0 aromatic carbocycles. The molecule has 2 aromatic heterocycles. The normalized spacial score (nSPS) is 14.4. The van der Waals surface area contributed by atoms with Gasteiger partial charge in [-0.05, 0) is 47.1 Å². The zero-order valence-corrected chi connectivity index (χ0v) is 14.0. The predicted molar refractivity (Wildman–Crippen MR) is 85.4 cm³/mol. The Kier molecular flexibility index (Phi) is 4.83. The van der Waals surface area contributed by atoms with E-state index in [1.807, 2.05) is 10.9 Å². The first-order chi connectivity index (χ1) is 9.93. The van der Waals surface area contributed by atoms with Gasteiger partial charge in [0, 0.05) is 36.6 Å². The van der Waals surface area contributed by atoms with E-state index >= 15 is 0 Å². The molecule has 21 heavy (non-hydrogen) atoms. The average molecular weight is 289 g/mol. The SMILES string of the molecule is CCn1nc(C)c(CNC(C)C(C)n2cc(C)cn2)c1C. The number of nitrogens with one attached hydrogen (secondary N) is 1. The number of nitrogens with zero attached hydrogens (tertiary/aromatic N) is 4. The summed E-state index contributed by atoms with van der Waals surface area (Å²) in [5.74, 6) is 0. The topological polar surface area (TPSA) is 47.7 Å². The lowest BCUT2D eigenvalue weighted by molar-refractivity contribution is 0.364. The van der Waals surface area contributed by atoms with Crippen molar-refractivity contribution in [2.45, 2.75) is 66.7 Å². The molecule has 2 rings (SSSR count). The Morgan fingerprint density at radius 1 is 1.24 bits per heavy atom. The van der Waals surface area contributed by atoms with Crippen LogP contribution in [0.4, 0.5) is 0 Å². The van der Waals surface area contributed by atoms with E-state index in [-0.39, 0.29) is 0 Å². The smallest absolute Gasteiger partial charge is 0.0641 e. The highest BCUT2D eigenvalue weighted by Gasteiger charge is 2.16. The van der Waals surface area contributed by atoms with Gasteiger partial charge in [-0.2, -0.15) is 10.2 Å². The van der Waals surface area contributed by atoms with Gasteiger partial charge in [0.25, 0.3) is 0 Å². The molecule has 0 spiro atoms. The fraction of sp³-hybridized carbons (Fsp3) is 0.625. The van der Waals surface area contributed by atoms with Crippen molar-refractivity contribution in [2.75, 3.05) is 0 Å². The molecule has 0 bridgehead atoms. The van der Waals surface area contributed by atoms with Gasteiger partial charge in [-0.25, -0.2) is 0 Å². The third-order valence-electron chi connectivity index (χ3n) is 4.30. The monoisotopic (exact) mass is 289 g/mol. The van der Waals surface area contributed by atoms with Gasteiger partial charge in [-0.3, -0.25) is 9.36 Å². The first-order valence-corrected chi connectivity index (χ1v) is 7.71. The lowest BCUT2D eigenvalue weighted by Crippen LogP contribution is -2.33. The number of hydrogen-bond donors (Lipinski definition) is 1. The minimum absolute atomic E-state index is 0.320. The Bertz CT molecular complexity index is 596. The van der Waals surface area contributed by atoms with Gasteiger partial charge in [0.15, 0.2) is 0 Å². The molecule has 0 fully saturated rings. The Hall–Kier alpha value is -1.62. The Morgan fingerprint density at radius 2 is 1.95 bits per heavy atom. The van der Waals surface area contributed by atoms with Gasteiger partial charge < -0.3 is 5.32 Å². The van der Waals surface area contributed by atoms with E-state index in [1.165, 1.54) is 16.8 Å². The van der Waals surface area contributed by atoms with Crippen LogP contribution in [0.25, 0.3) is 0 Å². The molecule has 0 amide bonds. The van der Waals surface area contributed by atoms with E-state index < -0.39 is 0 Å². The Balaban J connectivity index is 2.01. The molecule has 1 N–H and O–H groups in total. The maximum absolute atomic E-state index is 4.57. The molecular weight excluding hydrogens is 262 g/mol. The van der Waals surface area contributed by atoms with Crippen molar-refractivity contribution in [2.24, 2.45) is 0 Å². The molecule has 2 unspecified atom stereocenters. The zero-order chi connectivity index (χ0) is 15.6. The number of rotatable bonds is 6. The summed E-state index contributed by atoms with van der Waals surface area (Å²) in [4.78, 5) is 0. The highest BCUT2D eigenvalue weighted by Crippen LogP contribution is 2.15. The molecule has 5 nitrogen and oxygen atoms in total. The van der Waals surface area contributed by atoms with Gasteiger partial charge in [-0.15, -0.1) is 0 Å². The summed E-state index contributed by atoms with van der Waals surface area (Å²) in [5.41, 5.74) is 4.89. The first kappa shape index (κ1) is 15.8. The van der Waals surface area contributed by atoms with Crippen molar-refractivity contribution in [3.63, 3.8) is 0 Å². The highest BCUT2D eigenvalue weighted by molar-refractivity contribution is 5.24. The third-order valence-corrected chi connectivity index (χ3v) is 4.30. The molecule has 0 aliphatic heterocycles. The van der Waals surface area contributed by atoms with Crippen LogP contribution >= 0.6 is 0 Å². The molecule has 5 heteroatoms. The lowest BCUT2D eigenvalue weighted by Gasteiger charge is -2.22. The van der Waals surface area contributed by atoms with Crippen molar-refractivity contribution >= 4 is 0 Å². The standard InChI is InChI=1S/C16H27N5/c1-7-20-15(6)16(13(4)19-20)9-17-12(3)14(5)21-10-11(2)8-18-21/h8,10,12,14,17H,7,9H2,1-6H3. The molecule has 2 atom stereocenters. The zero-order valence-electron chi connectivity index (χ0n) is 14.0. The molecule has 0 radical (unpaired) electrons. The van der Waals surface area contributed by atoms with Crippen LogP contribution in [0, 0.1) is 20.8 Å². The Morgan fingerprint density at radius 3 is 2.48 bits per heavy atom. The third kappa shape index (κ3) is 3.35. The van der Waals surface area contributed by atoms with Gasteiger partial charge in [0.2, 0.25) is 0 Å². The molecule has 2 aromatic rings. The van der Waals surface area contributed by atoms with Crippen molar-refractivity contribution < 1.29 is 0 Å². The second kappa shape index (κ2) is 6.43. The first-order valence-electron chi connectivity index (χ1n) is 7.71. The summed E-state index contributed by atoms with van der Waals surface area (Å²) >= 11 is 0. The van der Waals surface area contributed by atoms with E-state index in [2.05, 4.69) is 67.9 Å². The van der Waals surface area contributed by atoms with E-state index in [0.29, 0.717) is 12.1 Å². The molecule has 0 saturated heterocycles. The van der Waals surface area contributed by atoms with Crippen LogP contribution in [-0.2, 0) is 13.1 Å². The number of aryl methyl sites for hydroxylation is 3. The van der Waals surface area contributed by atoms with Crippen LogP contribution in [0.1, 0.15) is 49.3 Å². The van der Waals surface area contributed by atoms with Gasteiger partial charge in [0.05, 0.1) is 17.9 Å². The summed E-state index contributed by atoms with van der Waals surface area (Å²) in [6.45, 7) is 14.6. The summed E-state index contributed by atoms with van der Waals surface area (Å²) in [5, 5.41) is 12.6. The molecule has 0 aliphatic carbocycles. The average Bonchev–Trinajstić information content (AvgIpc) is 3.00. The molecular formula is C16H27N5. The molecule has 0 saturated carbocycles. The maximum Gasteiger partial charge on any atom is 0.0641 e. The Labute approximate surface area is 127 Å². The van der Waals surface area contributed by atoms with Crippen molar-refractivity contribution in [1.82, 2.24) is 24.9 Å². The van der Waals surface area contributed by atoms with E-state index in [0.717, 1.165) is 18.8 Å². The minimum atomic E-state index is 0.320. The molecule has 2 heterocycles. The number of hydrogen-bond acceptors (Lipinski definition) is 3. The summed E-state index contributed by atoms with van der Waals surface area (Å²) in [6, 6.07) is 0.661. The van der Waals surface area contributed by atoms with Crippen LogP contribution in [0.5, 0.6) is 0 Å². The van der Waals surface area contributed by atoms with E-state index in [4.69, 9.17) is 0 Å². The fourth-order valence-corrected chi connectivity index (χ4v) is 2.62. The quantitative estimate of drug-likeness (QED) is 0.889. The van der Waals surface area contributed by atoms with E-state index in [9.17, 15) is 0 Å². The van der Waals surface area contributed by atoms with Gasteiger partial charge in [0.1, 0.15) is 0 Å². The van der Waals surface area contributed by atoms with E-state index in [1.54, 1.807) is 0 Å². The second-order valence-corrected chi connectivity index (χ2v) is 5.87. The van der Waals surface area contributed by atoms with Crippen molar-refractivity contribution in [3.05, 3.63) is 34.9 Å². The van der Waals surface area contributed by atoms with Crippen LogP contribution < -0.4 is 5.32 Å². The minimum Gasteiger partial charge on any atom is -0.308 e. The fourth-order valence-electron chi connectivity index (χ4n) is 2.62. The van der Waals surface area contributed by atoms with Crippen LogP contribution in [0.3, 0.4) is 0 Å².